The van der Waals surface area contributed by atoms with Crippen LogP contribution in [0.25, 0.3) is 0 Å². The van der Waals surface area contributed by atoms with Crippen LogP contribution < -0.4 is 15.0 Å². The number of nitrogens with one attached hydrogen (secondary N) is 1. The summed E-state index contributed by atoms with van der Waals surface area (Å²) in [4.78, 5) is 32.3. The van der Waals surface area contributed by atoms with Gasteiger partial charge in [0, 0.05) is 43.3 Å². The summed E-state index contributed by atoms with van der Waals surface area (Å²) in [5, 5.41) is 5.68. The molecule has 0 radical (unpaired) electrons. The number of ether oxygens (including phenoxy) is 1. The monoisotopic (exact) mass is 344 g/mol. The fourth-order valence-electron chi connectivity index (χ4n) is 2.86. The number of carbonyl (C=O) groups is 2. The van der Waals surface area contributed by atoms with E-state index in [1.807, 2.05) is 10.3 Å². The predicted octanol–water partition coefficient (Wildman–Crippen LogP) is 1.44. The third-order valence-corrected chi connectivity index (χ3v) is 4.95. The Morgan fingerprint density at radius 1 is 1.25 bits per heavy atom. The minimum atomic E-state index is -0.181. The minimum absolute atomic E-state index is 0.0166. The van der Waals surface area contributed by atoms with E-state index in [0.29, 0.717) is 30.1 Å². The van der Waals surface area contributed by atoms with Crippen LogP contribution in [0.5, 0.6) is 5.75 Å². The van der Waals surface area contributed by atoms with Crippen molar-refractivity contribution in [3.8, 4) is 5.75 Å². The van der Waals surface area contributed by atoms with E-state index < -0.39 is 0 Å². The molecule has 1 aromatic heterocycles. The number of amides is 2. The van der Waals surface area contributed by atoms with E-state index in [1.165, 1.54) is 0 Å². The Morgan fingerprint density at radius 2 is 2.08 bits per heavy atom. The third-order valence-electron chi connectivity index (χ3n) is 4.12. The maximum atomic E-state index is 12.7. The Kier molecular flexibility index (Phi) is 3.81. The summed E-state index contributed by atoms with van der Waals surface area (Å²) < 4.78 is 5.38. The van der Waals surface area contributed by atoms with Crippen LogP contribution in [0, 0.1) is 0 Å². The maximum Gasteiger partial charge on any atom is 0.262 e. The molecule has 4 rings (SSSR count). The molecule has 0 atom stereocenters. The summed E-state index contributed by atoms with van der Waals surface area (Å²) in [5.74, 6) is 0.346. The fraction of sp³-hybridized carbons (Fsp3) is 0.312. The first kappa shape index (κ1) is 14.9. The SMILES string of the molecule is O=C1COc2cc(C(=O)N3CCN(c4nccs4)CC3)ccc2N1. The second-order valence-electron chi connectivity index (χ2n) is 5.64. The molecule has 1 aromatic carbocycles. The summed E-state index contributed by atoms with van der Waals surface area (Å²) in [6.07, 6.45) is 1.80. The van der Waals surface area contributed by atoms with Gasteiger partial charge >= 0.3 is 0 Å². The lowest BCUT2D eigenvalue weighted by Gasteiger charge is -2.34. The standard InChI is InChI=1S/C16H16N4O3S/c21-14-10-23-13-9-11(1-2-12(13)18-14)15(22)19-4-6-20(7-5-19)16-17-3-8-24-16/h1-3,8-9H,4-7,10H2,(H,18,21). The quantitative estimate of drug-likeness (QED) is 0.892. The number of aromatic nitrogens is 1. The predicted molar refractivity (Wildman–Crippen MR) is 90.8 cm³/mol. The maximum absolute atomic E-state index is 12.7. The van der Waals surface area contributed by atoms with Gasteiger partial charge in [-0.05, 0) is 18.2 Å². The van der Waals surface area contributed by atoms with Crippen molar-refractivity contribution >= 4 is 34.0 Å². The van der Waals surface area contributed by atoms with E-state index >= 15 is 0 Å². The molecule has 0 unspecified atom stereocenters. The Morgan fingerprint density at radius 3 is 2.83 bits per heavy atom. The summed E-state index contributed by atoms with van der Waals surface area (Å²) in [6, 6.07) is 5.14. The van der Waals surface area contributed by atoms with Gasteiger partial charge in [0.2, 0.25) is 0 Å². The third kappa shape index (κ3) is 2.80. The molecule has 2 aliphatic heterocycles. The van der Waals surface area contributed by atoms with Gasteiger partial charge in [0.15, 0.2) is 11.7 Å². The molecule has 8 heteroatoms. The molecular formula is C16H16N4O3S. The lowest BCUT2D eigenvalue weighted by atomic mass is 10.1. The van der Waals surface area contributed by atoms with Gasteiger partial charge in [-0.2, -0.15) is 0 Å². The normalized spacial score (nSPS) is 17.1. The highest BCUT2D eigenvalue weighted by Crippen LogP contribution is 2.29. The molecule has 2 aromatic rings. The molecule has 0 saturated carbocycles. The number of fused-ring (bicyclic) bond motifs is 1. The van der Waals surface area contributed by atoms with Gasteiger partial charge < -0.3 is 19.9 Å². The van der Waals surface area contributed by atoms with Crippen LogP contribution in [0.1, 0.15) is 10.4 Å². The van der Waals surface area contributed by atoms with Crippen molar-refractivity contribution in [3.05, 3.63) is 35.3 Å². The molecule has 2 aliphatic rings. The van der Waals surface area contributed by atoms with Crippen molar-refractivity contribution in [3.63, 3.8) is 0 Å². The van der Waals surface area contributed by atoms with Crippen molar-refractivity contribution in [1.82, 2.24) is 9.88 Å². The van der Waals surface area contributed by atoms with E-state index in [9.17, 15) is 9.59 Å². The number of hydrogen-bond acceptors (Lipinski definition) is 6. The number of thiazole rings is 1. The molecule has 3 heterocycles. The average molecular weight is 344 g/mol. The average Bonchev–Trinajstić information content (AvgIpc) is 3.15. The Balaban J connectivity index is 1.44. The van der Waals surface area contributed by atoms with Gasteiger partial charge in [0.25, 0.3) is 11.8 Å². The van der Waals surface area contributed by atoms with E-state index in [0.717, 1.165) is 18.2 Å². The van der Waals surface area contributed by atoms with E-state index in [4.69, 9.17) is 4.74 Å². The number of rotatable bonds is 2. The van der Waals surface area contributed by atoms with Crippen LogP contribution in [0.2, 0.25) is 0 Å². The number of nitrogens with zero attached hydrogens (tertiary/aromatic N) is 3. The molecule has 2 amide bonds. The van der Waals surface area contributed by atoms with E-state index in [2.05, 4.69) is 15.2 Å². The zero-order valence-electron chi connectivity index (χ0n) is 12.9. The number of hydrogen-bond donors (Lipinski definition) is 1. The minimum Gasteiger partial charge on any atom is -0.482 e. The van der Waals surface area contributed by atoms with Gasteiger partial charge in [0.1, 0.15) is 5.75 Å². The first-order valence-electron chi connectivity index (χ1n) is 7.71. The van der Waals surface area contributed by atoms with Crippen molar-refractivity contribution < 1.29 is 14.3 Å². The molecule has 1 N–H and O–H groups in total. The molecule has 7 nitrogen and oxygen atoms in total. The van der Waals surface area contributed by atoms with Crippen LogP contribution in [-0.2, 0) is 4.79 Å². The number of piperazine rings is 1. The molecule has 1 fully saturated rings. The zero-order valence-corrected chi connectivity index (χ0v) is 13.7. The molecular weight excluding hydrogens is 328 g/mol. The van der Waals surface area contributed by atoms with Gasteiger partial charge in [0.05, 0.1) is 5.69 Å². The van der Waals surface area contributed by atoms with Crippen molar-refractivity contribution in [2.75, 3.05) is 43.0 Å². The molecule has 24 heavy (non-hydrogen) atoms. The number of anilines is 2. The molecule has 0 spiro atoms. The Bertz CT molecular complexity index is 770. The van der Waals surface area contributed by atoms with E-state index in [-0.39, 0.29) is 18.4 Å². The van der Waals surface area contributed by atoms with Crippen molar-refractivity contribution in [2.24, 2.45) is 0 Å². The number of carbonyl (C=O) groups excluding carboxylic acids is 2. The van der Waals surface area contributed by atoms with Gasteiger partial charge in [-0.1, -0.05) is 0 Å². The van der Waals surface area contributed by atoms with Crippen LogP contribution >= 0.6 is 11.3 Å². The van der Waals surface area contributed by atoms with Crippen LogP contribution in [-0.4, -0.2) is 54.5 Å². The van der Waals surface area contributed by atoms with Gasteiger partial charge in [-0.3, -0.25) is 9.59 Å². The summed E-state index contributed by atoms with van der Waals surface area (Å²) >= 11 is 1.61. The lowest BCUT2D eigenvalue weighted by molar-refractivity contribution is -0.118. The largest absolute Gasteiger partial charge is 0.482 e. The highest BCUT2D eigenvalue weighted by Gasteiger charge is 2.25. The highest BCUT2D eigenvalue weighted by atomic mass is 32.1. The van der Waals surface area contributed by atoms with Crippen LogP contribution in [0.15, 0.2) is 29.8 Å². The second-order valence-corrected chi connectivity index (χ2v) is 6.51. The smallest absolute Gasteiger partial charge is 0.262 e. The van der Waals surface area contributed by atoms with Gasteiger partial charge in [-0.25, -0.2) is 4.98 Å². The van der Waals surface area contributed by atoms with E-state index in [1.54, 1.807) is 35.7 Å². The van der Waals surface area contributed by atoms with Crippen molar-refractivity contribution in [1.29, 1.82) is 0 Å². The summed E-state index contributed by atoms with van der Waals surface area (Å²) in [5.41, 5.74) is 1.18. The summed E-state index contributed by atoms with van der Waals surface area (Å²) in [6.45, 7) is 2.85. The Hall–Kier alpha value is -2.61. The fourth-order valence-corrected chi connectivity index (χ4v) is 3.56. The van der Waals surface area contributed by atoms with Gasteiger partial charge in [-0.15, -0.1) is 11.3 Å². The zero-order chi connectivity index (χ0) is 16.5. The number of benzene rings is 1. The topological polar surface area (TPSA) is 74.8 Å². The first-order valence-corrected chi connectivity index (χ1v) is 8.59. The molecule has 0 aliphatic carbocycles. The highest BCUT2D eigenvalue weighted by molar-refractivity contribution is 7.13. The second kappa shape index (κ2) is 6.12. The Labute approximate surface area is 142 Å². The van der Waals surface area contributed by atoms with Crippen LogP contribution in [0.4, 0.5) is 10.8 Å². The molecule has 124 valence electrons. The lowest BCUT2D eigenvalue weighted by Crippen LogP contribution is -2.48. The first-order chi connectivity index (χ1) is 11.7. The van der Waals surface area contributed by atoms with Crippen molar-refractivity contribution in [2.45, 2.75) is 0 Å². The molecule has 1 saturated heterocycles. The molecule has 0 bridgehead atoms. The van der Waals surface area contributed by atoms with Crippen LogP contribution in [0.3, 0.4) is 0 Å². The summed E-state index contributed by atoms with van der Waals surface area (Å²) in [7, 11) is 0.